The first-order valence-electron chi connectivity index (χ1n) is 6.09. The zero-order chi connectivity index (χ0) is 11.8. The highest BCUT2D eigenvalue weighted by Crippen LogP contribution is 2.17. The van der Waals surface area contributed by atoms with Crippen LogP contribution in [-0.2, 0) is 0 Å². The summed E-state index contributed by atoms with van der Waals surface area (Å²) in [5.41, 5.74) is 6.57. The van der Waals surface area contributed by atoms with Crippen LogP contribution in [-0.4, -0.2) is 18.1 Å². The predicted octanol–water partition coefficient (Wildman–Crippen LogP) is 2.62. The largest absolute Gasteiger partial charge is 0.330 e. The first-order chi connectivity index (χ1) is 7.74. The van der Waals surface area contributed by atoms with Gasteiger partial charge in [0.05, 0.1) is 6.04 Å². The summed E-state index contributed by atoms with van der Waals surface area (Å²) in [6, 6.07) is 0.383. The molecule has 1 atom stereocenters. The molecule has 0 spiro atoms. The fourth-order valence-corrected chi connectivity index (χ4v) is 2.43. The van der Waals surface area contributed by atoms with E-state index in [1.165, 1.54) is 24.3 Å². The maximum atomic E-state index is 5.45. The van der Waals surface area contributed by atoms with Crippen LogP contribution in [0.4, 0.5) is 0 Å². The van der Waals surface area contributed by atoms with E-state index in [2.05, 4.69) is 22.6 Å². The molecular formula is C12H23N3S. The van der Waals surface area contributed by atoms with Crippen LogP contribution in [0, 0.1) is 6.92 Å². The average Bonchev–Trinajstić information content (AvgIpc) is 2.70. The Kier molecular flexibility index (Phi) is 6.61. The number of nitrogens with one attached hydrogen (secondary N) is 1. The van der Waals surface area contributed by atoms with E-state index in [0.29, 0.717) is 6.04 Å². The number of hydrogen-bond donors (Lipinski definition) is 2. The van der Waals surface area contributed by atoms with Gasteiger partial charge >= 0.3 is 0 Å². The Bertz CT molecular complexity index is 286. The molecule has 0 amide bonds. The average molecular weight is 241 g/mol. The molecule has 4 heteroatoms. The van der Waals surface area contributed by atoms with Crippen molar-refractivity contribution in [2.75, 3.05) is 13.1 Å². The van der Waals surface area contributed by atoms with Crippen molar-refractivity contribution < 1.29 is 0 Å². The lowest BCUT2D eigenvalue weighted by atomic mass is 10.2. The number of aryl methyl sites for hydroxylation is 1. The molecule has 0 aliphatic rings. The summed E-state index contributed by atoms with van der Waals surface area (Å²) >= 11 is 1.74. The monoisotopic (exact) mass is 241 g/mol. The van der Waals surface area contributed by atoms with Gasteiger partial charge in [-0.25, -0.2) is 4.98 Å². The van der Waals surface area contributed by atoms with Crippen molar-refractivity contribution >= 4 is 11.3 Å². The molecule has 0 radical (unpaired) electrons. The van der Waals surface area contributed by atoms with Crippen molar-refractivity contribution in [1.82, 2.24) is 10.3 Å². The summed E-state index contributed by atoms with van der Waals surface area (Å²) in [6.45, 7) is 6.12. The molecule has 0 fully saturated rings. The molecule has 16 heavy (non-hydrogen) atoms. The van der Waals surface area contributed by atoms with Crippen molar-refractivity contribution in [2.45, 2.75) is 45.6 Å². The summed E-state index contributed by atoms with van der Waals surface area (Å²) in [5, 5.41) is 6.81. The Morgan fingerprint density at radius 2 is 2.12 bits per heavy atom. The summed E-state index contributed by atoms with van der Waals surface area (Å²) in [5.74, 6) is 0. The van der Waals surface area contributed by atoms with Crippen LogP contribution < -0.4 is 11.1 Å². The zero-order valence-corrected chi connectivity index (χ0v) is 11.1. The van der Waals surface area contributed by atoms with Gasteiger partial charge in [-0.05, 0) is 39.8 Å². The van der Waals surface area contributed by atoms with Gasteiger partial charge in [0.25, 0.3) is 0 Å². The Hall–Kier alpha value is -0.450. The van der Waals surface area contributed by atoms with Crippen molar-refractivity contribution in [2.24, 2.45) is 5.73 Å². The number of unbranched alkanes of at least 4 members (excludes halogenated alkanes) is 3. The zero-order valence-electron chi connectivity index (χ0n) is 10.3. The van der Waals surface area contributed by atoms with E-state index in [1.807, 2.05) is 6.92 Å². The molecule has 0 saturated carbocycles. The standard InChI is InChI=1S/C12H23N3S/c1-10-9-16-12(15-10)11(2)14-8-6-4-3-5-7-13/h9,11,14H,3-8,13H2,1-2H3. The van der Waals surface area contributed by atoms with Crippen molar-refractivity contribution in [3.63, 3.8) is 0 Å². The molecule has 1 unspecified atom stereocenters. The first-order valence-corrected chi connectivity index (χ1v) is 6.97. The van der Waals surface area contributed by atoms with Crippen LogP contribution in [0.5, 0.6) is 0 Å². The lowest BCUT2D eigenvalue weighted by Crippen LogP contribution is -2.19. The molecular weight excluding hydrogens is 218 g/mol. The Labute approximate surface area is 102 Å². The quantitative estimate of drug-likeness (QED) is 0.688. The van der Waals surface area contributed by atoms with Crippen molar-refractivity contribution in [1.29, 1.82) is 0 Å². The summed E-state index contributed by atoms with van der Waals surface area (Å²) < 4.78 is 0. The van der Waals surface area contributed by atoms with Gasteiger partial charge in [0.2, 0.25) is 0 Å². The summed E-state index contributed by atoms with van der Waals surface area (Å²) in [4.78, 5) is 4.48. The van der Waals surface area contributed by atoms with Gasteiger partial charge in [-0.3, -0.25) is 0 Å². The molecule has 3 N–H and O–H groups in total. The lowest BCUT2D eigenvalue weighted by Gasteiger charge is -2.10. The van der Waals surface area contributed by atoms with Crippen LogP contribution >= 0.6 is 11.3 Å². The topological polar surface area (TPSA) is 50.9 Å². The van der Waals surface area contributed by atoms with E-state index in [0.717, 1.165) is 25.2 Å². The Morgan fingerprint density at radius 1 is 1.38 bits per heavy atom. The minimum atomic E-state index is 0.383. The second kappa shape index (κ2) is 7.76. The van der Waals surface area contributed by atoms with Gasteiger partial charge in [0.15, 0.2) is 0 Å². The van der Waals surface area contributed by atoms with Crippen LogP contribution in [0.25, 0.3) is 0 Å². The maximum absolute atomic E-state index is 5.45. The number of hydrogen-bond acceptors (Lipinski definition) is 4. The van der Waals surface area contributed by atoms with E-state index < -0.39 is 0 Å². The third kappa shape index (κ3) is 5.05. The van der Waals surface area contributed by atoms with Crippen LogP contribution in [0.1, 0.15) is 49.4 Å². The van der Waals surface area contributed by atoms with E-state index in [-0.39, 0.29) is 0 Å². The molecule has 1 heterocycles. The fourth-order valence-electron chi connectivity index (χ4n) is 1.60. The fraction of sp³-hybridized carbons (Fsp3) is 0.750. The normalized spacial score (nSPS) is 12.9. The molecule has 1 rings (SSSR count). The van der Waals surface area contributed by atoms with E-state index >= 15 is 0 Å². The highest BCUT2D eigenvalue weighted by Gasteiger charge is 2.07. The molecule has 0 aliphatic heterocycles. The van der Waals surface area contributed by atoms with Gasteiger partial charge < -0.3 is 11.1 Å². The van der Waals surface area contributed by atoms with Crippen LogP contribution in [0.3, 0.4) is 0 Å². The second-order valence-corrected chi connectivity index (χ2v) is 5.10. The Morgan fingerprint density at radius 3 is 2.75 bits per heavy atom. The van der Waals surface area contributed by atoms with Gasteiger partial charge in [0.1, 0.15) is 5.01 Å². The molecule has 0 saturated heterocycles. The summed E-state index contributed by atoms with van der Waals surface area (Å²) in [7, 11) is 0. The lowest BCUT2D eigenvalue weighted by molar-refractivity contribution is 0.532. The maximum Gasteiger partial charge on any atom is 0.110 e. The number of thiazole rings is 1. The van der Waals surface area contributed by atoms with Gasteiger partial charge in [-0.15, -0.1) is 11.3 Å². The van der Waals surface area contributed by atoms with Gasteiger partial charge in [-0.2, -0.15) is 0 Å². The highest BCUT2D eigenvalue weighted by molar-refractivity contribution is 7.09. The minimum absolute atomic E-state index is 0.383. The van der Waals surface area contributed by atoms with Crippen molar-refractivity contribution in [3.05, 3.63) is 16.1 Å². The molecule has 0 aromatic carbocycles. The van der Waals surface area contributed by atoms with Gasteiger partial charge in [0, 0.05) is 11.1 Å². The van der Waals surface area contributed by atoms with Crippen LogP contribution in [0.2, 0.25) is 0 Å². The molecule has 1 aromatic rings. The van der Waals surface area contributed by atoms with E-state index in [1.54, 1.807) is 11.3 Å². The number of rotatable bonds is 8. The van der Waals surface area contributed by atoms with E-state index in [4.69, 9.17) is 5.73 Å². The molecule has 3 nitrogen and oxygen atoms in total. The van der Waals surface area contributed by atoms with Gasteiger partial charge in [-0.1, -0.05) is 12.8 Å². The second-order valence-electron chi connectivity index (χ2n) is 4.21. The SMILES string of the molecule is Cc1csc(C(C)NCCCCCCN)n1. The third-order valence-corrected chi connectivity index (χ3v) is 3.73. The highest BCUT2D eigenvalue weighted by atomic mass is 32.1. The Balaban J connectivity index is 2.09. The van der Waals surface area contributed by atoms with Crippen molar-refractivity contribution in [3.8, 4) is 0 Å². The van der Waals surface area contributed by atoms with E-state index in [9.17, 15) is 0 Å². The van der Waals surface area contributed by atoms with Crippen LogP contribution in [0.15, 0.2) is 5.38 Å². The molecule has 92 valence electrons. The minimum Gasteiger partial charge on any atom is -0.330 e. The number of nitrogens with zero attached hydrogens (tertiary/aromatic N) is 1. The molecule has 0 bridgehead atoms. The first kappa shape index (κ1) is 13.6. The smallest absolute Gasteiger partial charge is 0.110 e. The number of aromatic nitrogens is 1. The predicted molar refractivity (Wildman–Crippen MR) is 70.8 cm³/mol. The summed E-state index contributed by atoms with van der Waals surface area (Å²) in [6.07, 6.45) is 4.91. The molecule has 1 aromatic heterocycles. The molecule has 0 aliphatic carbocycles. The number of nitrogens with two attached hydrogens (primary N) is 1. The third-order valence-electron chi connectivity index (χ3n) is 2.59.